The van der Waals surface area contributed by atoms with E-state index in [2.05, 4.69) is 5.32 Å². The highest BCUT2D eigenvalue weighted by Gasteiger charge is 2.33. The van der Waals surface area contributed by atoms with Gasteiger partial charge < -0.3 is 5.32 Å². The zero-order chi connectivity index (χ0) is 16.0. The molecule has 0 aromatic carbocycles. The van der Waals surface area contributed by atoms with Crippen molar-refractivity contribution in [3.63, 3.8) is 0 Å². The summed E-state index contributed by atoms with van der Waals surface area (Å²) in [7, 11) is -3.39. The first kappa shape index (κ1) is 17.4. The molecule has 0 saturated carbocycles. The lowest BCUT2D eigenvalue weighted by molar-refractivity contribution is -0.121. The second-order valence-electron chi connectivity index (χ2n) is 5.59. The molecule has 1 aliphatic heterocycles. The van der Waals surface area contributed by atoms with Crippen molar-refractivity contribution in [1.29, 1.82) is 0 Å². The topological polar surface area (TPSA) is 66.5 Å². The highest BCUT2D eigenvalue weighted by molar-refractivity contribution is 7.91. The van der Waals surface area contributed by atoms with Gasteiger partial charge in [-0.15, -0.1) is 11.3 Å². The normalized spacial score (nSPS) is 20.0. The summed E-state index contributed by atoms with van der Waals surface area (Å²) in [5, 5.41) is 4.67. The molecule has 1 amide bonds. The van der Waals surface area contributed by atoms with Crippen molar-refractivity contribution in [1.82, 2.24) is 9.62 Å². The van der Waals surface area contributed by atoms with Gasteiger partial charge in [0.05, 0.1) is 0 Å². The zero-order valence-corrected chi connectivity index (χ0v) is 14.6. The average molecular weight is 345 g/mol. The monoisotopic (exact) mass is 344 g/mol. The summed E-state index contributed by atoms with van der Waals surface area (Å²) in [6.45, 7) is 3.09. The molecule has 5 nitrogen and oxygen atoms in total. The molecule has 0 spiro atoms. The molecular formula is C15H24N2O3S2. The van der Waals surface area contributed by atoms with Gasteiger partial charge in [-0.05, 0) is 37.1 Å². The molecular weight excluding hydrogens is 320 g/mol. The van der Waals surface area contributed by atoms with Crippen molar-refractivity contribution >= 4 is 27.3 Å². The van der Waals surface area contributed by atoms with Crippen LogP contribution in [-0.4, -0.2) is 37.8 Å². The third-order valence-corrected chi connectivity index (χ3v) is 7.23. The number of thiophene rings is 1. The lowest BCUT2D eigenvalue weighted by Gasteiger charge is -2.34. The molecule has 124 valence electrons. The van der Waals surface area contributed by atoms with E-state index in [1.807, 2.05) is 6.92 Å². The minimum atomic E-state index is -3.39. The van der Waals surface area contributed by atoms with E-state index in [1.165, 1.54) is 11.3 Å². The minimum Gasteiger partial charge on any atom is -0.356 e. The van der Waals surface area contributed by atoms with E-state index in [-0.39, 0.29) is 11.9 Å². The quantitative estimate of drug-likeness (QED) is 0.827. The zero-order valence-electron chi connectivity index (χ0n) is 13.0. The number of amides is 1. The molecule has 1 fully saturated rings. The number of hydrogen-bond acceptors (Lipinski definition) is 4. The Labute approximate surface area is 136 Å². The van der Waals surface area contributed by atoms with E-state index in [0.29, 0.717) is 30.1 Å². The first-order chi connectivity index (χ1) is 10.6. The van der Waals surface area contributed by atoms with Crippen LogP contribution in [0.25, 0.3) is 0 Å². The molecule has 1 aromatic rings. The number of nitrogens with zero attached hydrogens (tertiary/aromatic N) is 1. The predicted octanol–water partition coefficient (Wildman–Crippen LogP) is 2.60. The molecule has 0 bridgehead atoms. The number of hydrogen-bond donors (Lipinski definition) is 1. The molecule has 22 heavy (non-hydrogen) atoms. The van der Waals surface area contributed by atoms with Crippen molar-refractivity contribution in [2.45, 2.75) is 55.7 Å². The molecule has 1 saturated heterocycles. The number of carbonyl (C=O) groups excluding carboxylic acids is 1. The van der Waals surface area contributed by atoms with E-state index < -0.39 is 10.0 Å². The Morgan fingerprint density at radius 2 is 2.27 bits per heavy atom. The standard InChI is InChI=1S/C15H24N2O3S2/c1-2-6-14(18)16-10-9-13-7-3-4-11-17(13)22(19,20)15-8-5-12-21-15/h5,8,12-13H,2-4,6-7,9-11H2,1H3,(H,16,18). The van der Waals surface area contributed by atoms with Crippen LogP contribution in [-0.2, 0) is 14.8 Å². The Hall–Kier alpha value is -0.920. The van der Waals surface area contributed by atoms with Crippen LogP contribution in [0.2, 0.25) is 0 Å². The second kappa shape index (κ2) is 8.08. The van der Waals surface area contributed by atoms with Crippen LogP contribution >= 0.6 is 11.3 Å². The third-order valence-electron chi connectivity index (χ3n) is 3.91. The fourth-order valence-corrected chi connectivity index (χ4v) is 5.64. The minimum absolute atomic E-state index is 0.0113. The van der Waals surface area contributed by atoms with Gasteiger partial charge in [0.1, 0.15) is 4.21 Å². The summed E-state index contributed by atoms with van der Waals surface area (Å²) >= 11 is 1.26. The summed E-state index contributed by atoms with van der Waals surface area (Å²) in [5.41, 5.74) is 0. The van der Waals surface area contributed by atoms with E-state index >= 15 is 0 Å². The van der Waals surface area contributed by atoms with Crippen molar-refractivity contribution in [2.24, 2.45) is 0 Å². The van der Waals surface area contributed by atoms with Crippen molar-refractivity contribution in [3.8, 4) is 0 Å². The number of carbonyl (C=O) groups is 1. The summed E-state index contributed by atoms with van der Waals surface area (Å²) in [5.74, 6) is 0.0472. The molecule has 1 aliphatic rings. The average Bonchev–Trinajstić information content (AvgIpc) is 3.03. The summed E-state index contributed by atoms with van der Waals surface area (Å²) in [4.78, 5) is 11.5. The first-order valence-corrected chi connectivity index (χ1v) is 10.2. The number of nitrogens with one attached hydrogen (secondary N) is 1. The summed E-state index contributed by atoms with van der Waals surface area (Å²) < 4.78 is 27.5. The van der Waals surface area contributed by atoms with Crippen LogP contribution in [0.3, 0.4) is 0 Å². The number of rotatable bonds is 7. The molecule has 1 unspecified atom stereocenters. The van der Waals surface area contributed by atoms with Crippen LogP contribution in [0.15, 0.2) is 21.7 Å². The molecule has 0 radical (unpaired) electrons. The van der Waals surface area contributed by atoms with Gasteiger partial charge in [-0.2, -0.15) is 4.31 Å². The van der Waals surface area contributed by atoms with Crippen LogP contribution in [0, 0.1) is 0 Å². The smallest absolute Gasteiger partial charge is 0.252 e. The van der Waals surface area contributed by atoms with Gasteiger partial charge in [0.25, 0.3) is 10.0 Å². The van der Waals surface area contributed by atoms with E-state index in [9.17, 15) is 13.2 Å². The number of piperidine rings is 1. The third kappa shape index (κ3) is 4.30. The van der Waals surface area contributed by atoms with Gasteiger partial charge in [0.2, 0.25) is 5.91 Å². The Morgan fingerprint density at radius 1 is 1.45 bits per heavy atom. The molecule has 1 N–H and O–H groups in total. The van der Waals surface area contributed by atoms with E-state index in [4.69, 9.17) is 0 Å². The summed E-state index contributed by atoms with van der Waals surface area (Å²) in [6, 6.07) is 3.42. The van der Waals surface area contributed by atoms with Gasteiger partial charge in [-0.25, -0.2) is 8.42 Å². The first-order valence-electron chi connectivity index (χ1n) is 7.87. The molecule has 2 rings (SSSR count). The second-order valence-corrected chi connectivity index (χ2v) is 8.65. The molecule has 2 heterocycles. The Bertz CT molecular complexity index is 570. The van der Waals surface area contributed by atoms with Gasteiger partial charge in [-0.3, -0.25) is 4.79 Å². The van der Waals surface area contributed by atoms with E-state index in [0.717, 1.165) is 25.7 Å². The fraction of sp³-hybridized carbons (Fsp3) is 0.667. The molecule has 7 heteroatoms. The SMILES string of the molecule is CCCC(=O)NCCC1CCCCN1S(=O)(=O)c1cccs1. The lowest BCUT2D eigenvalue weighted by Crippen LogP contribution is -2.44. The van der Waals surface area contributed by atoms with Crippen LogP contribution in [0.5, 0.6) is 0 Å². The Kier molecular flexibility index (Phi) is 6.40. The maximum absolute atomic E-state index is 12.7. The van der Waals surface area contributed by atoms with E-state index in [1.54, 1.807) is 21.8 Å². The Balaban J connectivity index is 1.98. The maximum atomic E-state index is 12.7. The van der Waals surface area contributed by atoms with Gasteiger partial charge in [0, 0.05) is 25.6 Å². The van der Waals surface area contributed by atoms with Crippen molar-refractivity contribution < 1.29 is 13.2 Å². The van der Waals surface area contributed by atoms with Gasteiger partial charge in [0.15, 0.2) is 0 Å². The highest BCUT2D eigenvalue weighted by Crippen LogP contribution is 2.28. The number of sulfonamides is 1. The lowest BCUT2D eigenvalue weighted by atomic mass is 10.0. The van der Waals surface area contributed by atoms with Crippen molar-refractivity contribution in [2.75, 3.05) is 13.1 Å². The van der Waals surface area contributed by atoms with Gasteiger partial charge >= 0.3 is 0 Å². The largest absolute Gasteiger partial charge is 0.356 e. The molecule has 1 atom stereocenters. The fourth-order valence-electron chi connectivity index (χ4n) is 2.80. The van der Waals surface area contributed by atoms with Crippen molar-refractivity contribution in [3.05, 3.63) is 17.5 Å². The Morgan fingerprint density at radius 3 is 2.95 bits per heavy atom. The highest BCUT2D eigenvalue weighted by atomic mass is 32.2. The predicted molar refractivity (Wildman–Crippen MR) is 88.4 cm³/mol. The molecule has 0 aliphatic carbocycles. The molecule has 1 aromatic heterocycles. The van der Waals surface area contributed by atoms with Gasteiger partial charge in [-0.1, -0.05) is 19.4 Å². The maximum Gasteiger partial charge on any atom is 0.252 e. The summed E-state index contributed by atoms with van der Waals surface area (Å²) in [6.07, 6.45) is 4.86. The van der Waals surface area contributed by atoms with Crippen LogP contribution in [0.4, 0.5) is 0 Å². The van der Waals surface area contributed by atoms with Crippen LogP contribution in [0.1, 0.15) is 45.4 Å². The van der Waals surface area contributed by atoms with Crippen LogP contribution < -0.4 is 5.32 Å².